The van der Waals surface area contributed by atoms with Crippen molar-refractivity contribution in [3.8, 4) is 0 Å². The molecule has 47 valence electrons. The van der Waals surface area contributed by atoms with Crippen LogP contribution in [0.15, 0.2) is 0 Å². The van der Waals surface area contributed by atoms with E-state index in [2.05, 4.69) is 10.1 Å². The van der Waals surface area contributed by atoms with E-state index in [4.69, 9.17) is 0 Å². The van der Waals surface area contributed by atoms with E-state index < -0.39 is 6.09 Å². The Hall–Kier alpha value is -0.730. The van der Waals surface area contributed by atoms with Crippen molar-refractivity contribution in [2.45, 2.75) is 13.3 Å². The molecule has 3 heteroatoms. The average molecular weight is 116 g/mol. The van der Waals surface area contributed by atoms with Gasteiger partial charge in [0.25, 0.3) is 0 Å². The van der Waals surface area contributed by atoms with Crippen LogP contribution in [0.25, 0.3) is 0 Å². The van der Waals surface area contributed by atoms with E-state index in [1.807, 2.05) is 6.92 Å². The van der Waals surface area contributed by atoms with Crippen LogP contribution in [0.4, 0.5) is 4.79 Å². The second-order valence-electron chi connectivity index (χ2n) is 1.35. The lowest BCUT2D eigenvalue weighted by molar-refractivity contribution is 0.170. The summed E-state index contributed by atoms with van der Waals surface area (Å²) in [5.41, 5.74) is 0. The van der Waals surface area contributed by atoms with Gasteiger partial charge in [-0.2, -0.15) is 0 Å². The first-order chi connectivity index (χ1) is 3.81. The number of carbonyl (C=O) groups is 1. The van der Waals surface area contributed by atoms with Crippen molar-refractivity contribution in [1.29, 1.82) is 0 Å². The predicted octanol–water partition coefficient (Wildman–Crippen LogP) is 0.767. The number of hydrogen-bond acceptors (Lipinski definition) is 2. The van der Waals surface area contributed by atoms with Gasteiger partial charge >= 0.3 is 6.09 Å². The van der Waals surface area contributed by atoms with Crippen molar-refractivity contribution < 1.29 is 9.53 Å². The summed E-state index contributed by atoms with van der Waals surface area (Å²) in [4.78, 5) is 10.2. The lowest BCUT2D eigenvalue weighted by Crippen LogP contribution is -2.15. The lowest BCUT2D eigenvalue weighted by Gasteiger charge is -1.94. The highest BCUT2D eigenvalue weighted by molar-refractivity contribution is 5.66. The van der Waals surface area contributed by atoms with Crippen molar-refractivity contribution in [2.75, 3.05) is 13.7 Å². The minimum atomic E-state index is -0.480. The summed E-state index contributed by atoms with van der Waals surface area (Å²) < 4.78 is 4.25. The van der Waals surface area contributed by atoms with E-state index >= 15 is 0 Å². The van der Waals surface area contributed by atoms with E-state index in [9.17, 15) is 4.79 Å². The summed E-state index contributed by atoms with van der Waals surface area (Å²) in [5.74, 6) is 0. The summed E-state index contributed by atoms with van der Waals surface area (Å²) in [6, 6.07) is 0. The van der Waals surface area contributed by atoms with Gasteiger partial charge in [-0.3, -0.25) is 0 Å². The number of amides is 1. The van der Waals surface area contributed by atoms with Gasteiger partial charge in [0, 0.05) is 6.54 Å². The molecule has 0 aliphatic carbocycles. The highest BCUT2D eigenvalue weighted by atomic mass is 16.5. The lowest BCUT2D eigenvalue weighted by atomic mass is 10.5. The van der Waals surface area contributed by atoms with Crippen LogP contribution in [-0.4, -0.2) is 19.7 Å². The molecular weight excluding hydrogens is 106 g/mol. The van der Waals surface area contributed by atoms with Crippen molar-refractivity contribution in [2.24, 2.45) is 0 Å². The molecule has 1 amide bonds. The average Bonchev–Trinajstić information content (AvgIpc) is 1.83. The minimum Gasteiger partial charge on any atom is -0.452 e. The summed E-state index contributed by atoms with van der Waals surface area (Å²) >= 11 is 0. The molecule has 0 aliphatic heterocycles. The quantitative estimate of drug-likeness (QED) is 0.534. The van der Waals surface area contributed by atoms with E-state index in [1.165, 1.54) is 7.11 Å². The van der Waals surface area contributed by atoms with Crippen LogP contribution < -0.4 is 5.32 Å². The minimum absolute atomic E-state index is 0.480. The molecule has 0 heterocycles. The molecule has 0 saturated carbocycles. The fourth-order valence-electron chi connectivity index (χ4n) is 0.268. The molecule has 0 aromatic carbocycles. The Morgan fingerprint density at radius 1 is 1.75 bits per heavy atom. The van der Waals surface area contributed by atoms with Crippen molar-refractivity contribution in [1.82, 2.24) is 5.32 Å². The van der Waals surface area contributed by atoms with Gasteiger partial charge in [0.1, 0.15) is 0 Å². The molecule has 0 spiro atoms. The molecule has 0 bridgehead atoms. The van der Waals surface area contributed by atoms with Crippen molar-refractivity contribution in [3.05, 3.63) is 0 Å². The van der Waals surface area contributed by atoms with Crippen LogP contribution in [0.1, 0.15) is 13.3 Å². The second kappa shape index (κ2) is 4.43. The van der Waals surface area contributed by atoms with Crippen LogP contribution in [0, 0.1) is 0 Å². The third-order valence-corrected chi connectivity index (χ3v) is 0.639. The highest BCUT2D eigenvalue weighted by Gasteiger charge is 1.95. The number of nitrogens with zero attached hydrogens (tertiary/aromatic N) is 1. The fourth-order valence-corrected chi connectivity index (χ4v) is 0.268. The molecule has 0 aromatic heterocycles. The Morgan fingerprint density at radius 2 is 2.38 bits per heavy atom. The van der Waals surface area contributed by atoms with Gasteiger partial charge in [0.15, 0.2) is 0 Å². The van der Waals surface area contributed by atoms with E-state index in [0.29, 0.717) is 6.54 Å². The van der Waals surface area contributed by atoms with Crippen LogP contribution in [-0.2, 0) is 4.74 Å². The maximum atomic E-state index is 10.2. The molecule has 0 aromatic rings. The first kappa shape index (κ1) is 7.27. The Bertz CT molecular complexity index is 72.8. The van der Waals surface area contributed by atoms with Crippen molar-refractivity contribution >= 4 is 6.09 Å². The van der Waals surface area contributed by atoms with Crippen LogP contribution in [0.2, 0.25) is 0 Å². The predicted molar refractivity (Wildman–Crippen MR) is 29.7 cm³/mol. The maximum absolute atomic E-state index is 10.2. The Kier molecular flexibility index (Phi) is 4.03. The zero-order valence-electron chi connectivity index (χ0n) is 5.18. The SMILES string of the molecule is CCC[N]C(=O)OC. The van der Waals surface area contributed by atoms with Crippen molar-refractivity contribution in [3.63, 3.8) is 0 Å². The summed E-state index contributed by atoms with van der Waals surface area (Å²) in [5, 5.41) is 3.50. The smallest absolute Gasteiger partial charge is 0.428 e. The molecule has 0 atom stereocenters. The zero-order chi connectivity index (χ0) is 6.41. The third-order valence-electron chi connectivity index (χ3n) is 0.639. The van der Waals surface area contributed by atoms with Gasteiger partial charge in [-0.1, -0.05) is 6.92 Å². The van der Waals surface area contributed by atoms with E-state index in [-0.39, 0.29) is 0 Å². The highest BCUT2D eigenvalue weighted by Crippen LogP contribution is 1.75. The Labute approximate surface area is 49.0 Å². The summed E-state index contributed by atoms with van der Waals surface area (Å²) in [7, 11) is 1.32. The third kappa shape index (κ3) is 3.46. The van der Waals surface area contributed by atoms with E-state index in [1.54, 1.807) is 0 Å². The largest absolute Gasteiger partial charge is 0.452 e. The van der Waals surface area contributed by atoms with Gasteiger partial charge in [-0.05, 0) is 6.42 Å². The number of rotatable bonds is 2. The molecule has 0 fully saturated rings. The normalized spacial score (nSPS) is 8.25. The fraction of sp³-hybridized carbons (Fsp3) is 0.800. The second-order valence-corrected chi connectivity index (χ2v) is 1.35. The van der Waals surface area contributed by atoms with Gasteiger partial charge in [0.05, 0.1) is 7.11 Å². The van der Waals surface area contributed by atoms with Gasteiger partial charge < -0.3 is 4.74 Å². The van der Waals surface area contributed by atoms with Gasteiger partial charge in [0.2, 0.25) is 0 Å². The monoisotopic (exact) mass is 116 g/mol. The standard InChI is InChI=1S/C5H10NO2/c1-3-4-6-5(7)8-2/h3-4H2,1-2H3. The Morgan fingerprint density at radius 3 is 2.75 bits per heavy atom. The number of methoxy groups -OCH3 is 1. The van der Waals surface area contributed by atoms with Crippen LogP contribution >= 0.6 is 0 Å². The zero-order valence-corrected chi connectivity index (χ0v) is 5.18. The van der Waals surface area contributed by atoms with Gasteiger partial charge in [-0.15, -0.1) is 0 Å². The molecule has 0 N–H and O–H groups in total. The summed E-state index contributed by atoms with van der Waals surface area (Å²) in [6.07, 6.45) is 0.404. The molecule has 0 aliphatic rings. The first-order valence-corrected chi connectivity index (χ1v) is 2.56. The topological polar surface area (TPSA) is 40.4 Å². The molecule has 0 unspecified atom stereocenters. The molecule has 0 rings (SSSR count). The summed E-state index contributed by atoms with van der Waals surface area (Å²) in [6.45, 7) is 2.51. The van der Waals surface area contributed by atoms with Crippen LogP contribution in [0.5, 0.6) is 0 Å². The van der Waals surface area contributed by atoms with Gasteiger partial charge in [-0.25, -0.2) is 10.1 Å². The van der Waals surface area contributed by atoms with E-state index in [0.717, 1.165) is 6.42 Å². The molecule has 1 radical (unpaired) electrons. The maximum Gasteiger partial charge on any atom is 0.428 e. The molecule has 3 nitrogen and oxygen atoms in total. The van der Waals surface area contributed by atoms with Crippen LogP contribution in [0.3, 0.4) is 0 Å². The number of hydrogen-bond donors (Lipinski definition) is 0. The number of ether oxygens (including phenoxy) is 1. The first-order valence-electron chi connectivity index (χ1n) is 2.56. The molecule has 0 saturated heterocycles. The molecular formula is C5H10NO2. The Balaban J connectivity index is 2.99. The molecule has 8 heavy (non-hydrogen) atoms. The number of carbonyl (C=O) groups excluding carboxylic acids is 1.